The minimum atomic E-state index is -0.0324. The molecule has 1 amide bonds. The zero-order valence-corrected chi connectivity index (χ0v) is 12.1. The molecule has 0 saturated heterocycles. The SMILES string of the molecule is Cc1cc(NC(=O)Cc2cccs2)c(C)c(C)c1O. The van der Waals surface area contributed by atoms with E-state index in [1.807, 2.05) is 44.4 Å². The maximum atomic E-state index is 12.0. The average Bonchev–Trinajstić information content (AvgIpc) is 2.86. The minimum absolute atomic E-state index is 0.0324. The smallest absolute Gasteiger partial charge is 0.229 e. The van der Waals surface area contributed by atoms with Crippen LogP contribution < -0.4 is 5.32 Å². The summed E-state index contributed by atoms with van der Waals surface area (Å²) in [6.45, 7) is 5.58. The lowest BCUT2D eigenvalue weighted by Crippen LogP contribution is -2.15. The summed E-state index contributed by atoms with van der Waals surface area (Å²) in [5.74, 6) is 0.267. The van der Waals surface area contributed by atoms with E-state index in [0.717, 1.165) is 27.3 Å². The lowest BCUT2D eigenvalue weighted by Gasteiger charge is -2.13. The first-order chi connectivity index (χ1) is 8.99. The fourth-order valence-corrected chi connectivity index (χ4v) is 2.67. The second-order valence-electron chi connectivity index (χ2n) is 4.64. The molecule has 2 rings (SSSR count). The predicted molar refractivity (Wildman–Crippen MR) is 79.0 cm³/mol. The Hall–Kier alpha value is -1.81. The number of phenolic OH excluding ortho intramolecular Hbond substituents is 1. The topological polar surface area (TPSA) is 49.3 Å². The van der Waals surface area contributed by atoms with Crippen LogP contribution in [0.2, 0.25) is 0 Å². The fourth-order valence-electron chi connectivity index (χ4n) is 1.96. The zero-order valence-electron chi connectivity index (χ0n) is 11.3. The number of anilines is 1. The molecule has 0 unspecified atom stereocenters. The summed E-state index contributed by atoms with van der Waals surface area (Å²) in [6.07, 6.45) is 0.385. The van der Waals surface area contributed by atoms with E-state index in [2.05, 4.69) is 5.32 Å². The lowest BCUT2D eigenvalue weighted by atomic mass is 10.0. The van der Waals surface area contributed by atoms with Crippen molar-refractivity contribution in [3.8, 4) is 5.75 Å². The monoisotopic (exact) mass is 275 g/mol. The summed E-state index contributed by atoms with van der Waals surface area (Å²) >= 11 is 1.57. The van der Waals surface area contributed by atoms with Crippen molar-refractivity contribution in [2.45, 2.75) is 27.2 Å². The van der Waals surface area contributed by atoms with Crippen LogP contribution in [0.15, 0.2) is 23.6 Å². The van der Waals surface area contributed by atoms with E-state index in [1.165, 1.54) is 0 Å². The Labute approximate surface area is 116 Å². The largest absolute Gasteiger partial charge is 0.507 e. The molecule has 0 fully saturated rings. The van der Waals surface area contributed by atoms with Gasteiger partial charge in [-0.2, -0.15) is 0 Å². The van der Waals surface area contributed by atoms with Crippen molar-refractivity contribution in [3.05, 3.63) is 45.1 Å². The molecule has 0 atom stereocenters. The molecule has 0 spiro atoms. The van der Waals surface area contributed by atoms with Crippen LogP contribution in [-0.2, 0) is 11.2 Å². The van der Waals surface area contributed by atoms with Gasteiger partial charge >= 0.3 is 0 Å². The van der Waals surface area contributed by atoms with Gasteiger partial charge in [-0.1, -0.05) is 6.07 Å². The molecular weight excluding hydrogens is 258 g/mol. The van der Waals surface area contributed by atoms with Gasteiger partial charge in [-0.3, -0.25) is 4.79 Å². The van der Waals surface area contributed by atoms with Gasteiger partial charge in [0, 0.05) is 10.6 Å². The number of carbonyl (C=O) groups is 1. The Morgan fingerprint density at radius 1 is 1.32 bits per heavy atom. The molecule has 2 aromatic rings. The fraction of sp³-hybridized carbons (Fsp3) is 0.267. The van der Waals surface area contributed by atoms with Crippen molar-refractivity contribution in [2.75, 3.05) is 5.32 Å². The first-order valence-electron chi connectivity index (χ1n) is 6.11. The van der Waals surface area contributed by atoms with Gasteiger partial charge in [-0.05, 0) is 55.0 Å². The maximum absolute atomic E-state index is 12.0. The van der Waals surface area contributed by atoms with Crippen LogP contribution in [0.5, 0.6) is 5.75 Å². The third kappa shape index (κ3) is 2.96. The molecule has 3 nitrogen and oxygen atoms in total. The average molecular weight is 275 g/mol. The predicted octanol–water partition coefficient (Wildman–Crippen LogP) is 3.56. The van der Waals surface area contributed by atoms with Crippen LogP contribution in [0.4, 0.5) is 5.69 Å². The van der Waals surface area contributed by atoms with Crippen LogP contribution in [-0.4, -0.2) is 11.0 Å². The summed E-state index contributed by atoms with van der Waals surface area (Å²) in [5.41, 5.74) is 3.26. The number of rotatable bonds is 3. The van der Waals surface area contributed by atoms with Crippen molar-refractivity contribution in [2.24, 2.45) is 0 Å². The first-order valence-corrected chi connectivity index (χ1v) is 6.99. The van der Waals surface area contributed by atoms with Gasteiger partial charge in [-0.15, -0.1) is 11.3 Å². The molecule has 0 aliphatic carbocycles. The van der Waals surface area contributed by atoms with Gasteiger partial charge < -0.3 is 10.4 Å². The van der Waals surface area contributed by atoms with Crippen molar-refractivity contribution < 1.29 is 9.90 Å². The number of hydrogen-bond acceptors (Lipinski definition) is 3. The Morgan fingerprint density at radius 3 is 2.68 bits per heavy atom. The lowest BCUT2D eigenvalue weighted by molar-refractivity contribution is -0.115. The van der Waals surface area contributed by atoms with Gasteiger partial charge in [0.2, 0.25) is 5.91 Å². The number of amides is 1. The van der Waals surface area contributed by atoms with E-state index in [-0.39, 0.29) is 5.91 Å². The van der Waals surface area contributed by atoms with Gasteiger partial charge in [0.05, 0.1) is 6.42 Å². The summed E-state index contributed by atoms with van der Waals surface area (Å²) in [4.78, 5) is 13.0. The Morgan fingerprint density at radius 2 is 2.05 bits per heavy atom. The van der Waals surface area contributed by atoms with Crippen LogP contribution in [0.25, 0.3) is 0 Å². The minimum Gasteiger partial charge on any atom is -0.507 e. The maximum Gasteiger partial charge on any atom is 0.229 e. The Bertz CT molecular complexity index is 603. The number of carbonyl (C=O) groups excluding carboxylic acids is 1. The summed E-state index contributed by atoms with van der Waals surface area (Å²) in [7, 11) is 0. The Kier molecular flexibility index (Phi) is 3.90. The van der Waals surface area contributed by atoms with Gasteiger partial charge in [0.25, 0.3) is 0 Å². The van der Waals surface area contributed by atoms with Crippen LogP contribution in [0, 0.1) is 20.8 Å². The number of nitrogens with one attached hydrogen (secondary N) is 1. The van der Waals surface area contributed by atoms with Crippen LogP contribution in [0.1, 0.15) is 21.6 Å². The molecule has 1 aromatic carbocycles. The van der Waals surface area contributed by atoms with Crippen molar-refractivity contribution in [3.63, 3.8) is 0 Å². The number of aryl methyl sites for hydroxylation is 1. The quantitative estimate of drug-likeness (QED) is 0.841. The molecule has 1 aromatic heterocycles. The molecule has 19 heavy (non-hydrogen) atoms. The molecule has 100 valence electrons. The highest BCUT2D eigenvalue weighted by Crippen LogP contribution is 2.30. The van der Waals surface area contributed by atoms with Crippen molar-refractivity contribution in [1.82, 2.24) is 0 Å². The van der Waals surface area contributed by atoms with E-state index in [4.69, 9.17) is 0 Å². The second kappa shape index (κ2) is 5.45. The first kappa shape index (κ1) is 13.6. The summed E-state index contributed by atoms with van der Waals surface area (Å²) in [6, 6.07) is 5.70. The van der Waals surface area contributed by atoms with Gasteiger partial charge in [0.1, 0.15) is 5.75 Å². The highest BCUT2D eigenvalue weighted by atomic mass is 32.1. The van der Waals surface area contributed by atoms with Gasteiger partial charge in [0.15, 0.2) is 0 Å². The molecule has 0 aliphatic rings. The van der Waals surface area contributed by atoms with E-state index >= 15 is 0 Å². The zero-order chi connectivity index (χ0) is 14.0. The van der Waals surface area contributed by atoms with Crippen molar-refractivity contribution in [1.29, 1.82) is 0 Å². The molecular formula is C15H17NO2S. The molecule has 0 radical (unpaired) electrons. The molecule has 0 bridgehead atoms. The molecule has 0 saturated carbocycles. The van der Waals surface area contributed by atoms with E-state index in [1.54, 1.807) is 11.3 Å². The summed E-state index contributed by atoms with van der Waals surface area (Å²) in [5, 5.41) is 14.7. The van der Waals surface area contributed by atoms with E-state index in [9.17, 15) is 9.90 Å². The standard InChI is InChI=1S/C15H17NO2S/c1-9-7-13(10(2)11(3)15(9)18)16-14(17)8-12-5-4-6-19-12/h4-7,18H,8H2,1-3H3,(H,16,17). The third-order valence-electron chi connectivity index (χ3n) is 3.25. The number of aromatic hydroxyl groups is 1. The van der Waals surface area contributed by atoms with E-state index < -0.39 is 0 Å². The second-order valence-corrected chi connectivity index (χ2v) is 5.68. The Balaban J connectivity index is 2.17. The molecule has 4 heteroatoms. The number of hydrogen-bond donors (Lipinski definition) is 2. The van der Waals surface area contributed by atoms with Crippen LogP contribution >= 0.6 is 11.3 Å². The van der Waals surface area contributed by atoms with Crippen LogP contribution in [0.3, 0.4) is 0 Å². The highest BCUT2D eigenvalue weighted by molar-refractivity contribution is 7.10. The highest BCUT2D eigenvalue weighted by Gasteiger charge is 2.12. The number of phenols is 1. The summed E-state index contributed by atoms with van der Waals surface area (Å²) < 4.78 is 0. The molecule has 2 N–H and O–H groups in total. The molecule has 1 heterocycles. The molecule has 0 aliphatic heterocycles. The third-order valence-corrected chi connectivity index (χ3v) is 4.12. The van der Waals surface area contributed by atoms with Gasteiger partial charge in [-0.25, -0.2) is 0 Å². The number of thiophene rings is 1. The normalized spacial score (nSPS) is 10.5. The van der Waals surface area contributed by atoms with Crippen molar-refractivity contribution >= 4 is 22.9 Å². The number of benzene rings is 1. The van der Waals surface area contributed by atoms with E-state index in [0.29, 0.717) is 12.2 Å².